The normalized spacial score (nSPS) is 10.7. The molecule has 15 heavy (non-hydrogen) atoms. The number of aromatic hydroxyl groups is 1. The molecule has 0 atom stereocenters. The molecule has 0 saturated heterocycles. The minimum atomic E-state index is -0.111. The zero-order chi connectivity index (χ0) is 10.7. The van der Waals surface area contributed by atoms with E-state index in [1.54, 1.807) is 24.4 Å². The van der Waals surface area contributed by atoms with Crippen molar-refractivity contribution in [3.8, 4) is 5.75 Å². The number of fused-ring (bicyclic) bond motifs is 1. The minimum absolute atomic E-state index is 0.111. The number of nitrogens with zero attached hydrogens (tertiary/aromatic N) is 2. The average molecular weight is 205 g/mol. The number of nitrogens with one attached hydrogen (secondary N) is 1. The van der Waals surface area contributed by atoms with E-state index in [2.05, 4.69) is 15.3 Å². The summed E-state index contributed by atoms with van der Waals surface area (Å²) in [5.74, 6) is 0.117. The number of hydrogen-bond acceptors (Lipinski definition) is 5. The lowest BCUT2D eigenvalue weighted by Gasteiger charge is -2.03. The zero-order valence-corrected chi connectivity index (χ0v) is 8.01. The van der Waals surface area contributed by atoms with Crippen LogP contribution in [0.1, 0.15) is 5.69 Å². The third-order valence-electron chi connectivity index (χ3n) is 2.02. The molecule has 5 nitrogen and oxygen atoms in total. The predicted octanol–water partition coefficient (Wildman–Crippen LogP) is 0.375. The lowest BCUT2D eigenvalue weighted by molar-refractivity contribution is 0.258. The molecule has 0 fully saturated rings. The monoisotopic (exact) mass is 205 g/mol. The Morgan fingerprint density at radius 1 is 1.33 bits per heavy atom. The van der Waals surface area contributed by atoms with Gasteiger partial charge in [0.2, 0.25) is 0 Å². The Labute approximate surface area is 86.4 Å². The molecular formula is C10H11N3O2. The molecule has 2 aromatic rings. The van der Waals surface area contributed by atoms with Gasteiger partial charge in [-0.25, -0.2) is 4.98 Å². The Balaban J connectivity index is 2.41. The summed E-state index contributed by atoms with van der Waals surface area (Å²) in [6.45, 7) is 0.314. The number of benzene rings is 1. The van der Waals surface area contributed by atoms with Crippen molar-refractivity contribution in [1.82, 2.24) is 15.3 Å². The molecule has 78 valence electrons. The van der Waals surface area contributed by atoms with Gasteiger partial charge < -0.3 is 10.2 Å². The molecule has 0 saturated carbocycles. The number of hydrogen-bond donors (Lipinski definition) is 3. The van der Waals surface area contributed by atoms with Gasteiger partial charge in [0.1, 0.15) is 11.3 Å². The summed E-state index contributed by atoms with van der Waals surface area (Å²) >= 11 is 0. The van der Waals surface area contributed by atoms with Crippen LogP contribution < -0.4 is 5.32 Å². The van der Waals surface area contributed by atoms with Crippen LogP contribution in [0.4, 0.5) is 0 Å². The number of rotatable bonds is 3. The van der Waals surface area contributed by atoms with Gasteiger partial charge in [0, 0.05) is 6.54 Å². The fourth-order valence-corrected chi connectivity index (χ4v) is 1.32. The Morgan fingerprint density at radius 3 is 3.00 bits per heavy atom. The first-order valence-electron chi connectivity index (χ1n) is 4.56. The van der Waals surface area contributed by atoms with Gasteiger partial charge in [0.25, 0.3) is 0 Å². The Morgan fingerprint density at radius 2 is 2.20 bits per heavy atom. The van der Waals surface area contributed by atoms with E-state index in [1.165, 1.54) is 0 Å². The van der Waals surface area contributed by atoms with Crippen LogP contribution in [0.25, 0.3) is 11.0 Å². The molecule has 0 aliphatic carbocycles. The standard InChI is InChI=1S/C10H11N3O2/c14-6-11-4-7-5-12-8-2-1-3-9(15)10(8)13-7/h1-3,5,11,14-15H,4,6H2. The van der Waals surface area contributed by atoms with Gasteiger partial charge in [-0.1, -0.05) is 6.07 Å². The highest BCUT2D eigenvalue weighted by Gasteiger charge is 2.03. The average Bonchev–Trinajstić information content (AvgIpc) is 2.27. The van der Waals surface area contributed by atoms with Gasteiger partial charge in [-0.15, -0.1) is 0 Å². The third kappa shape index (κ3) is 2.03. The summed E-state index contributed by atoms with van der Waals surface area (Å²) in [5, 5.41) is 20.9. The molecule has 2 rings (SSSR count). The number of phenols is 1. The molecule has 0 amide bonds. The van der Waals surface area contributed by atoms with E-state index < -0.39 is 0 Å². The summed E-state index contributed by atoms with van der Waals surface area (Å²) in [5.41, 5.74) is 1.82. The lowest BCUT2D eigenvalue weighted by Crippen LogP contribution is -2.14. The first-order chi connectivity index (χ1) is 7.31. The summed E-state index contributed by atoms with van der Waals surface area (Å²) in [7, 11) is 0. The van der Waals surface area contributed by atoms with Crippen molar-refractivity contribution in [2.24, 2.45) is 0 Å². The van der Waals surface area contributed by atoms with Gasteiger partial charge in [0.15, 0.2) is 0 Å². The first-order valence-corrected chi connectivity index (χ1v) is 4.56. The zero-order valence-electron chi connectivity index (χ0n) is 8.01. The molecule has 1 heterocycles. The number of para-hydroxylation sites is 1. The van der Waals surface area contributed by atoms with Crippen LogP contribution in [0.2, 0.25) is 0 Å². The van der Waals surface area contributed by atoms with Crippen LogP contribution >= 0.6 is 0 Å². The van der Waals surface area contributed by atoms with Crippen LogP contribution in [0, 0.1) is 0 Å². The van der Waals surface area contributed by atoms with Gasteiger partial charge in [-0.2, -0.15) is 0 Å². The van der Waals surface area contributed by atoms with Crippen molar-refractivity contribution in [2.45, 2.75) is 6.54 Å². The van der Waals surface area contributed by atoms with Gasteiger partial charge in [-0.3, -0.25) is 10.3 Å². The maximum atomic E-state index is 9.55. The maximum absolute atomic E-state index is 9.55. The van der Waals surface area contributed by atoms with Crippen molar-refractivity contribution < 1.29 is 10.2 Å². The van der Waals surface area contributed by atoms with E-state index in [1.807, 2.05) is 0 Å². The second-order valence-electron chi connectivity index (χ2n) is 3.09. The molecule has 1 aromatic heterocycles. The number of aliphatic hydroxyl groups excluding tert-OH is 1. The summed E-state index contributed by atoms with van der Waals surface area (Å²) in [6, 6.07) is 5.07. The van der Waals surface area contributed by atoms with Crippen molar-refractivity contribution in [3.05, 3.63) is 30.1 Å². The largest absolute Gasteiger partial charge is 0.506 e. The van der Waals surface area contributed by atoms with Gasteiger partial charge >= 0.3 is 0 Å². The van der Waals surface area contributed by atoms with E-state index in [-0.39, 0.29) is 12.5 Å². The Hall–Kier alpha value is -1.72. The second kappa shape index (κ2) is 4.20. The molecular weight excluding hydrogens is 194 g/mol. The van der Waals surface area contributed by atoms with Gasteiger partial charge in [0.05, 0.1) is 24.1 Å². The highest BCUT2D eigenvalue weighted by molar-refractivity contribution is 5.80. The summed E-state index contributed by atoms with van der Waals surface area (Å²) in [4.78, 5) is 8.38. The van der Waals surface area contributed by atoms with E-state index in [9.17, 15) is 5.11 Å². The quantitative estimate of drug-likeness (QED) is 0.631. The number of phenolic OH excluding ortho intramolecular Hbond substituents is 1. The molecule has 0 bridgehead atoms. The molecule has 0 spiro atoms. The molecule has 3 N–H and O–H groups in total. The van der Waals surface area contributed by atoms with E-state index in [0.29, 0.717) is 23.3 Å². The predicted molar refractivity (Wildman–Crippen MR) is 55.1 cm³/mol. The van der Waals surface area contributed by atoms with Crippen molar-refractivity contribution in [1.29, 1.82) is 0 Å². The summed E-state index contributed by atoms with van der Waals surface area (Å²) in [6.07, 6.45) is 1.62. The molecule has 0 unspecified atom stereocenters. The second-order valence-corrected chi connectivity index (χ2v) is 3.09. The van der Waals surface area contributed by atoms with Gasteiger partial charge in [-0.05, 0) is 12.1 Å². The Kier molecular flexibility index (Phi) is 2.75. The molecule has 5 heteroatoms. The molecule has 0 aliphatic rings. The maximum Gasteiger partial charge on any atom is 0.143 e. The molecule has 0 radical (unpaired) electrons. The van der Waals surface area contributed by atoms with E-state index in [4.69, 9.17) is 5.11 Å². The molecule has 1 aromatic carbocycles. The van der Waals surface area contributed by atoms with Crippen LogP contribution in [-0.2, 0) is 6.54 Å². The fourth-order valence-electron chi connectivity index (χ4n) is 1.32. The third-order valence-corrected chi connectivity index (χ3v) is 2.02. The van der Waals surface area contributed by atoms with Crippen molar-refractivity contribution >= 4 is 11.0 Å². The van der Waals surface area contributed by atoms with Crippen LogP contribution in [-0.4, -0.2) is 26.9 Å². The lowest BCUT2D eigenvalue weighted by atomic mass is 10.2. The smallest absolute Gasteiger partial charge is 0.143 e. The van der Waals surface area contributed by atoms with Crippen LogP contribution in [0.15, 0.2) is 24.4 Å². The van der Waals surface area contributed by atoms with Crippen molar-refractivity contribution in [2.75, 3.05) is 6.73 Å². The van der Waals surface area contributed by atoms with Crippen LogP contribution in [0.3, 0.4) is 0 Å². The molecule has 0 aliphatic heterocycles. The topological polar surface area (TPSA) is 78.3 Å². The highest BCUT2D eigenvalue weighted by atomic mass is 16.3. The van der Waals surface area contributed by atoms with E-state index >= 15 is 0 Å². The summed E-state index contributed by atoms with van der Waals surface area (Å²) < 4.78 is 0. The van der Waals surface area contributed by atoms with Crippen molar-refractivity contribution in [3.63, 3.8) is 0 Å². The highest BCUT2D eigenvalue weighted by Crippen LogP contribution is 2.20. The fraction of sp³-hybridized carbons (Fsp3) is 0.200. The number of aromatic nitrogens is 2. The van der Waals surface area contributed by atoms with Crippen LogP contribution in [0.5, 0.6) is 5.75 Å². The first kappa shape index (κ1) is 9.82. The minimum Gasteiger partial charge on any atom is -0.506 e. The number of aliphatic hydroxyl groups is 1. The van der Waals surface area contributed by atoms with E-state index in [0.717, 1.165) is 0 Å². The Bertz CT molecular complexity index is 473. The SMILES string of the molecule is OCNCc1cnc2cccc(O)c2n1.